The first-order valence-electron chi connectivity index (χ1n) is 9.41. The first-order valence-corrected chi connectivity index (χ1v) is 9.41. The average molecular weight is 312 g/mol. The molecule has 3 nitrogen and oxygen atoms in total. The molecule has 2 aliphatic rings. The minimum atomic E-state index is -0.0238. The van der Waals surface area contributed by atoms with Gasteiger partial charge in [-0.2, -0.15) is 5.06 Å². The van der Waals surface area contributed by atoms with E-state index in [1.165, 1.54) is 32.1 Å². The van der Waals surface area contributed by atoms with E-state index in [1.54, 1.807) is 0 Å². The lowest BCUT2D eigenvalue weighted by molar-refractivity contribution is -0.257. The molecule has 0 aromatic heterocycles. The molecule has 1 heterocycles. The summed E-state index contributed by atoms with van der Waals surface area (Å²) in [6, 6.07) is 0. The third kappa shape index (κ3) is 6.55. The molecule has 0 spiro atoms. The maximum Gasteiger partial charge on any atom is 0.0842 e. The molecule has 1 saturated heterocycles. The summed E-state index contributed by atoms with van der Waals surface area (Å²) in [5.74, 6) is 1.78. The number of piperidine rings is 1. The predicted molar refractivity (Wildman–Crippen MR) is 91.7 cm³/mol. The molecular formula is C19H37NO2. The Morgan fingerprint density at radius 1 is 1.05 bits per heavy atom. The largest absolute Gasteiger partial charge is 0.372 e. The van der Waals surface area contributed by atoms with Crippen LogP contribution in [0.15, 0.2) is 0 Å². The summed E-state index contributed by atoms with van der Waals surface area (Å²) in [6.45, 7) is 13.3. The molecule has 22 heavy (non-hydrogen) atoms. The smallest absolute Gasteiger partial charge is 0.0842 e. The van der Waals surface area contributed by atoms with Crippen molar-refractivity contribution in [3.8, 4) is 0 Å². The van der Waals surface area contributed by atoms with Crippen molar-refractivity contribution in [3.63, 3.8) is 0 Å². The molecule has 1 aliphatic heterocycles. The van der Waals surface area contributed by atoms with Gasteiger partial charge in [0.1, 0.15) is 0 Å². The SMILES string of the molecule is CC(C)CCCC1CCN(OC2CC(OC(C)(C)C)C2)CC1. The Hall–Kier alpha value is -0.120. The molecule has 0 bridgehead atoms. The van der Waals surface area contributed by atoms with Crippen molar-refractivity contribution in [1.82, 2.24) is 5.06 Å². The van der Waals surface area contributed by atoms with Gasteiger partial charge in [-0.25, -0.2) is 0 Å². The van der Waals surface area contributed by atoms with Crippen LogP contribution in [-0.2, 0) is 9.57 Å². The monoisotopic (exact) mass is 311 g/mol. The van der Waals surface area contributed by atoms with Gasteiger partial charge in [0.2, 0.25) is 0 Å². The van der Waals surface area contributed by atoms with E-state index in [9.17, 15) is 0 Å². The molecule has 2 rings (SSSR count). The Morgan fingerprint density at radius 3 is 2.23 bits per heavy atom. The first-order chi connectivity index (χ1) is 10.3. The van der Waals surface area contributed by atoms with E-state index in [-0.39, 0.29) is 5.60 Å². The van der Waals surface area contributed by atoms with Gasteiger partial charge in [-0.05, 0) is 45.4 Å². The fraction of sp³-hybridized carbons (Fsp3) is 1.00. The minimum Gasteiger partial charge on any atom is -0.372 e. The summed E-state index contributed by atoms with van der Waals surface area (Å²) in [4.78, 5) is 6.12. The summed E-state index contributed by atoms with van der Waals surface area (Å²) in [5.41, 5.74) is -0.0238. The molecule has 0 amide bonds. The molecular weight excluding hydrogens is 274 g/mol. The molecule has 130 valence electrons. The van der Waals surface area contributed by atoms with E-state index in [0.717, 1.165) is 37.8 Å². The Balaban J connectivity index is 1.53. The molecule has 1 aliphatic carbocycles. The molecule has 0 atom stereocenters. The van der Waals surface area contributed by atoms with Crippen molar-refractivity contribution in [2.45, 2.75) is 97.4 Å². The number of hydroxylamine groups is 2. The van der Waals surface area contributed by atoms with Crippen LogP contribution in [0.2, 0.25) is 0 Å². The predicted octanol–water partition coefficient (Wildman–Crippen LogP) is 4.80. The van der Waals surface area contributed by atoms with Gasteiger partial charge >= 0.3 is 0 Å². The van der Waals surface area contributed by atoms with E-state index in [1.807, 2.05) is 0 Å². The number of nitrogens with zero attached hydrogens (tertiary/aromatic N) is 1. The van der Waals surface area contributed by atoms with Gasteiger partial charge in [0, 0.05) is 25.9 Å². The van der Waals surface area contributed by atoms with Crippen molar-refractivity contribution >= 4 is 0 Å². The van der Waals surface area contributed by atoms with Crippen LogP contribution in [-0.4, -0.2) is 36.0 Å². The van der Waals surface area contributed by atoms with Crippen LogP contribution in [0.1, 0.15) is 79.6 Å². The molecule has 2 fully saturated rings. The molecule has 0 unspecified atom stereocenters. The topological polar surface area (TPSA) is 21.7 Å². The summed E-state index contributed by atoms with van der Waals surface area (Å²) < 4.78 is 5.98. The Labute approximate surface area is 137 Å². The lowest BCUT2D eigenvalue weighted by Crippen LogP contribution is -2.46. The van der Waals surface area contributed by atoms with E-state index < -0.39 is 0 Å². The maximum atomic E-state index is 6.12. The van der Waals surface area contributed by atoms with E-state index in [0.29, 0.717) is 12.2 Å². The Kier molecular flexibility index (Phi) is 6.73. The first kappa shape index (κ1) is 18.2. The molecule has 3 heteroatoms. The van der Waals surface area contributed by atoms with Crippen molar-refractivity contribution in [3.05, 3.63) is 0 Å². The van der Waals surface area contributed by atoms with Crippen LogP contribution in [0.3, 0.4) is 0 Å². The third-order valence-electron chi connectivity index (χ3n) is 4.84. The van der Waals surface area contributed by atoms with Crippen molar-refractivity contribution in [2.75, 3.05) is 13.1 Å². The van der Waals surface area contributed by atoms with E-state index >= 15 is 0 Å². The molecule has 0 aromatic rings. The number of rotatable bonds is 7. The van der Waals surface area contributed by atoms with Gasteiger partial charge in [-0.3, -0.25) is 4.84 Å². The molecule has 1 saturated carbocycles. The standard InChI is InChI=1S/C19H37NO2/c1-15(2)7-6-8-16-9-11-20(12-10-16)22-18-13-17(14-18)21-19(3,4)5/h15-18H,6-14H2,1-5H3. The van der Waals surface area contributed by atoms with Crippen molar-refractivity contribution in [1.29, 1.82) is 0 Å². The Bertz CT molecular complexity index is 310. The lowest BCUT2D eigenvalue weighted by Gasteiger charge is -2.42. The second kappa shape index (κ2) is 8.12. The fourth-order valence-electron chi connectivity index (χ4n) is 3.53. The normalized spacial score (nSPS) is 28.1. The molecule has 0 N–H and O–H groups in total. The zero-order valence-electron chi connectivity index (χ0n) is 15.4. The van der Waals surface area contributed by atoms with Crippen LogP contribution in [0.5, 0.6) is 0 Å². The highest BCUT2D eigenvalue weighted by Crippen LogP contribution is 2.32. The van der Waals surface area contributed by atoms with Gasteiger partial charge in [0.25, 0.3) is 0 Å². The van der Waals surface area contributed by atoms with Gasteiger partial charge in [0.15, 0.2) is 0 Å². The number of hydrogen-bond acceptors (Lipinski definition) is 3. The average Bonchev–Trinajstić information content (AvgIpc) is 2.36. The quantitative estimate of drug-likeness (QED) is 0.674. The molecule has 0 radical (unpaired) electrons. The van der Waals surface area contributed by atoms with Crippen LogP contribution < -0.4 is 0 Å². The number of ether oxygens (including phenoxy) is 1. The minimum absolute atomic E-state index is 0.0238. The zero-order chi connectivity index (χ0) is 16.2. The van der Waals surface area contributed by atoms with Gasteiger partial charge in [0.05, 0.1) is 17.8 Å². The van der Waals surface area contributed by atoms with Crippen LogP contribution in [0.25, 0.3) is 0 Å². The van der Waals surface area contributed by atoms with Gasteiger partial charge in [-0.15, -0.1) is 0 Å². The zero-order valence-corrected chi connectivity index (χ0v) is 15.4. The van der Waals surface area contributed by atoms with Crippen molar-refractivity contribution < 1.29 is 9.57 Å². The number of hydrogen-bond donors (Lipinski definition) is 0. The van der Waals surface area contributed by atoms with Crippen LogP contribution in [0.4, 0.5) is 0 Å². The third-order valence-corrected chi connectivity index (χ3v) is 4.84. The van der Waals surface area contributed by atoms with Crippen LogP contribution >= 0.6 is 0 Å². The Morgan fingerprint density at radius 2 is 1.68 bits per heavy atom. The summed E-state index contributed by atoms with van der Waals surface area (Å²) >= 11 is 0. The maximum absolute atomic E-state index is 6.12. The van der Waals surface area contributed by atoms with Gasteiger partial charge < -0.3 is 4.74 Å². The van der Waals surface area contributed by atoms with E-state index in [2.05, 4.69) is 39.7 Å². The highest BCUT2D eigenvalue weighted by Gasteiger charge is 2.35. The van der Waals surface area contributed by atoms with E-state index in [4.69, 9.17) is 9.57 Å². The summed E-state index contributed by atoms with van der Waals surface area (Å²) in [5, 5.41) is 2.22. The highest BCUT2D eigenvalue weighted by molar-refractivity contribution is 4.83. The second-order valence-corrected chi connectivity index (χ2v) is 8.75. The summed E-state index contributed by atoms with van der Waals surface area (Å²) in [7, 11) is 0. The van der Waals surface area contributed by atoms with Crippen molar-refractivity contribution in [2.24, 2.45) is 11.8 Å². The molecule has 0 aromatic carbocycles. The summed E-state index contributed by atoms with van der Waals surface area (Å²) in [6.07, 6.45) is 9.74. The van der Waals surface area contributed by atoms with Gasteiger partial charge in [-0.1, -0.05) is 33.1 Å². The lowest BCUT2D eigenvalue weighted by atomic mass is 9.90. The highest BCUT2D eigenvalue weighted by atomic mass is 16.7. The second-order valence-electron chi connectivity index (χ2n) is 8.75. The van der Waals surface area contributed by atoms with Crippen LogP contribution in [0, 0.1) is 11.8 Å². The fourth-order valence-corrected chi connectivity index (χ4v) is 3.53.